The summed E-state index contributed by atoms with van der Waals surface area (Å²) in [6, 6.07) is 2.95. The van der Waals surface area contributed by atoms with E-state index in [0.717, 1.165) is 12.1 Å². The molecule has 0 aliphatic heterocycles. The second-order valence-corrected chi connectivity index (χ2v) is 2.68. The second kappa shape index (κ2) is 4.14. The number of hydrogen-bond acceptors (Lipinski definition) is 1. The van der Waals surface area contributed by atoms with Gasteiger partial charge in [0.05, 0.1) is 5.03 Å². The molecule has 0 N–H and O–H groups in total. The first-order valence-corrected chi connectivity index (χ1v) is 3.79. The Morgan fingerprint density at radius 3 is 2.62 bits per heavy atom. The first-order chi connectivity index (χ1) is 6.15. The standard InChI is InChI=1S/C9H5ClF2O/c10-8(3-4-13)7-2-1-6(11)5-9(7)12/h1-5H/b8-3-. The first kappa shape index (κ1) is 9.86. The van der Waals surface area contributed by atoms with Crippen LogP contribution in [0.15, 0.2) is 24.3 Å². The van der Waals surface area contributed by atoms with Crippen molar-refractivity contribution in [2.45, 2.75) is 0 Å². The minimum Gasteiger partial charge on any atom is -0.299 e. The molecule has 0 heterocycles. The predicted molar refractivity (Wildman–Crippen MR) is 46.3 cm³/mol. The van der Waals surface area contributed by atoms with E-state index in [1.165, 1.54) is 6.07 Å². The van der Waals surface area contributed by atoms with Crippen LogP contribution < -0.4 is 0 Å². The topological polar surface area (TPSA) is 17.1 Å². The smallest absolute Gasteiger partial charge is 0.144 e. The van der Waals surface area contributed by atoms with Crippen LogP contribution in [0.4, 0.5) is 8.78 Å². The molecule has 1 aromatic carbocycles. The lowest BCUT2D eigenvalue weighted by atomic mass is 10.2. The minimum absolute atomic E-state index is 0.00941. The molecule has 13 heavy (non-hydrogen) atoms. The zero-order valence-electron chi connectivity index (χ0n) is 6.43. The van der Waals surface area contributed by atoms with Crippen LogP contribution >= 0.6 is 11.6 Å². The van der Waals surface area contributed by atoms with Crippen LogP contribution in [-0.4, -0.2) is 6.29 Å². The Hall–Kier alpha value is -1.22. The van der Waals surface area contributed by atoms with E-state index < -0.39 is 11.6 Å². The number of rotatable bonds is 2. The minimum atomic E-state index is -0.789. The van der Waals surface area contributed by atoms with Crippen molar-refractivity contribution >= 4 is 22.9 Å². The highest BCUT2D eigenvalue weighted by molar-refractivity contribution is 6.49. The van der Waals surface area contributed by atoms with Gasteiger partial charge >= 0.3 is 0 Å². The van der Waals surface area contributed by atoms with Crippen LogP contribution in [-0.2, 0) is 4.79 Å². The summed E-state index contributed by atoms with van der Waals surface area (Å²) in [6.07, 6.45) is 1.43. The largest absolute Gasteiger partial charge is 0.299 e. The summed E-state index contributed by atoms with van der Waals surface area (Å²) in [5.41, 5.74) is 0.00941. The molecule has 0 atom stereocenters. The van der Waals surface area contributed by atoms with E-state index in [9.17, 15) is 13.6 Å². The van der Waals surface area contributed by atoms with Gasteiger partial charge in [-0.2, -0.15) is 0 Å². The molecular formula is C9H5ClF2O. The molecule has 0 spiro atoms. The van der Waals surface area contributed by atoms with Crippen LogP contribution in [0.1, 0.15) is 5.56 Å². The van der Waals surface area contributed by atoms with Crippen LogP contribution in [0.5, 0.6) is 0 Å². The van der Waals surface area contributed by atoms with Gasteiger partial charge in [-0.15, -0.1) is 0 Å². The van der Waals surface area contributed by atoms with Crippen molar-refractivity contribution < 1.29 is 13.6 Å². The van der Waals surface area contributed by atoms with Crippen molar-refractivity contribution in [1.29, 1.82) is 0 Å². The number of halogens is 3. The zero-order valence-corrected chi connectivity index (χ0v) is 7.18. The van der Waals surface area contributed by atoms with Gasteiger partial charge in [-0.25, -0.2) is 8.78 Å². The maximum atomic E-state index is 12.9. The third-order valence-corrected chi connectivity index (χ3v) is 1.73. The molecule has 0 fully saturated rings. The molecule has 0 saturated carbocycles. The molecule has 0 unspecified atom stereocenters. The molecular weight excluding hydrogens is 198 g/mol. The monoisotopic (exact) mass is 202 g/mol. The van der Waals surface area contributed by atoms with E-state index in [4.69, 9.17) is 11.6 Å². The molecule has 1 aromatic rings. The summed E-state index contributed by atoms with van der Waals surface area (Å²) in [5, 5.41) is -0.0486. The molecule has 0 aromatic heterocycles. The summed E-state index contributed by atoms with van der Waals surface area (Å²) in [6.45, 7) is 0. The van der Waals surface area contributed by atoms with E-state index in [1.807, 2.05) is 0 Å². The molecule has 0 aliphatic carbocycles. The number of benzene rings is 1. The maximum Gasteiger partial charge on any atom is 0.144 e. The lowest BCUT2D eigenvalue weighted by molar-refractivity contribution is -0.104. The van der Waals surface area contributed by atoms with Crippen LogP contribution in [0.2, 0.25) is 0 Å². The molecule has 1 nitrogen and oxygen atoms in total. The molecule has 68 valence electrons. The average molecular weight is 203 g/mol. The molecule has 1 rings (SSSR count). The lowest BCUT2D eigenvalue weighted by Crippen LogP contribution is -1.87. The maximum absolute atomic E-state index is 12.9. The lowest BCUT2D eigenvalue weighted by Gasteiger charge is -1.99. The summed E-state index contributed by atoms with van der Waals surface area (Å²) in [5.74, 6) is -1.47. The number of carbonyl (C=O) groups is 1. The number of allylic oxidation sites excluding steroid dienone is 1. The molecule has 4 heteroatoms. The van der Waals surface area contributed by atoms with E-state index in [0.29, 0.717) is 12.4 Å². The van der Waals surface area contributed by atoms with Gasteiger partial charge in [-0.05, 0) is 18.2 Å². The molecule has 0 bridgehead atoms. The van der Waals surface area contributed by atoms with Gasteiger partial charge in [0.1, 0.15) is 17.9 Å². The molecule has 0 saturated heterocycles. The van der Waals surface area contributed by atoms with Crippen LogP contribution in [0, 0.1) is 11.6 Å². The SMILES string of the molecule is O=C/C=C(\Cl)c1ccc(F)cc1F. The Morgan fingerprint density at radius 1 is 1.38 bits per heavy atom. The van der Waals surface area contributed by atoms with Crippen molar-refractivity contribution in [3.05, 3.63) is 41.5 Å². The van der Waals surface area contributed by atoms with Crippen molar-refractivity contribution in [3.8, 4) is 0 Å². The Labute approximate surface area is 78.6 Å². The fourth-order valence-corrected chi connectivity index (χ4v) is 1.04. The van der Waals surface area contributed by atoms with E-state index in [2.05, 4.69) is 0 Å². The van der Waals surface area contributed by atoms with Gasteiger partial charge in [-0.3, -0.25) is 4.79 Å². The third kappa shape index (κ3) is 2.36. The summed E-state index contributed by atoms with van der Waals surface area (Å²) < 4.78 is 25.4. The summed E-state index contributed by atoms with van der Waals surface area (Å²) >= 11 is 5.53. The number of carbonyl (C=O) groups excluding carboxylic acids is 1. The van der Waals surface area contributed by atoms with Crippen molar-refractivity contribution in [2.24, 2.45) is 0 Å². The summed E-state index contributed by atoms with van der Waals surface area (Å²) in [7, 11) is 0. The first-order valence-electron chi connectivity index (χ1n) is 3.41. The van der Waals surface area contributed by atoms with Gasteiger partial charge in [0.2, 0.25) is 0 Å². The fourth-order valence-electron chi connectivity index (χ4n) is 0.833. The van der Waals surface area contributed by atoms with Gasteiger partial charge in [0, 0.05) is 11.6 Å². The van der Waals surface area contributed by atoms with Gasteiger partial charge in [0.25, 0.3) is 0 Å². The summed E-state index contributed by atoms with van der Waals surface area (Å²) in [4.78, 5) is 10.0. The zero-order chi connectivity index (χ0) is 9.84. The Kier molecular flexibility index (Phi) is 3.14. The highest BCUT2D eigenvalue weighted by atomic mass is 35.5. The van der Waals surface area contributed by atoms with Crippen LogP contribution in [0.3, 0.4) is 0 Å². The van der Waals surface area contributed by atoms with Crippen molar-refractivity contribution in [2.75, 3.05) is 0 Å². The quantitative estimate of drug-likeness (QED) is 0.532. The number of aldehydes is 1. The predicted octanol–water partition coefficient (Wildman–Crippen LogP) is 2.74. The Balaban J connectivity index is 3.15. The average Bonchev–Trinajstić information content (AvgIpc) is 2.04. The Bertz CT molecular complexity index is 361. The highest BCUT2D eigenvalue weighted by Gasteiger charge is 2.06. The van der Waals surface area contributed by atoms with E-state index in [-0.39, 0.29) is 10.6 Å². The fraction of sp³-hybridized carbons (Fsp3) is 0. The third-order valence-electron chi connectivity index (χ3n) is 1.40. The molecule has 0 amide bonds. The van der Waals surface area contributed by atoms with Crippen molar-refractivity contribution in [1.82, 2.24) is 0 Å². The number of hydrogen-bond donors (Lipinski definition) is 0. The highest BCUT2D eigenvalue weighted by Crippen LogP contribution is 2.21. The Morgan fingerprint density at radius 2 is 2.08 bits per heavy atom. The van der Waals surface area contributed by atoms with E-state index in [1.54, 1.807) is 0 Å². The van der Waals surface area contributed by atoms with Crippen LogP contribution in [0.25, 0.3) is 5.03 Å². The van der Waals surface area contributed by atoms with E-state index >= 15 is 0 Å². The normalized spacial score (nSPS) is 11.5. The van der Waals surface area contributed by atoms with Gasteiger partial charge in [-0.1, -0.05) is 11.6 Å². The van der Waals surface area contributed by atoms with Crippen molar-refractivity contribution in [3.63, 3.8) is 0 Å². The van der Waals surface area contributed by atoms with Gasteiger partial charge in [0.15, 0.2) is 0 Å². The van der Waals surface area contributed by atoms with Gasteiger partial charge < -0.3 is 0 Å². The second-order valence-electron chi connectivity index (χ2n) is 2.27. The molecule has 0 radical (unpaired) electrons. The molecule has 0 aliphatic rings.